The van der Waals surface area contributed by atoms with Gasteiger partial charge in [-0.2, -0.15) is 0 Å². The summed E-state index contributed by atoms with van der Waals surface area (Å²) in [6.07, 6.45) is 3.74. The van der Waals surface area contributed by atoms with Crippen LogP contribution in [0, 0.1) is 0 Å². The van der Waals surface area contributed by atoms with Gasteiger partial charge in [-0.15, -0.1) is 0 Å². The average molecular weight is 255 g/mol. The summed E-state index contributed by atoms with van der Waals surface area (Å²) in [7, 11) is 0. The Labute approximate surface area is 93.6 Å². The molecular weight excluding hydrogens is 240 g/mol. The lowest BCUT2D eigenvalue weighted by atomic mass is 9.96. The average Bonchev–Trinajstić information content (AvgIpc) is 2.16. The Morgan fingerprint density at radius 3 is 2.71 bits per heavy atom. The second kappa shape index (κ2) is 4.35. The Kier molecular flexibility index (Phi) is 3.12. The molecule has 0 aromatic heterocycles. The molecule has 0 aliphatic heterocycles. The number of hydrogen-bond donors (Lipinski definition) is 0. The van der Waals surface area contributed by atoms with Crippen molar-refractivity contribution in [2.24, 2.45) is 0 Å². The topological polar surface area (TPSA) is 9.23 Å². The number of ether oxygens (including phenoxy) is 1. The first-order valence-electron chi connectivity index (χ1n) is 5.18. The van der Waals surface area contributed by atoms with Gasteiger partial charge in [0.2, 0.25) is 0 Å². The van der Waals surface area contributed by atoms with E-state index in [9.17, 15) is 0 Å². The summed E-state index contributed by atoms with van der Waals surface area (Å²) in [5.41, 5.74) is 1.31. The number of aryl methyl sites for hydroxylation is 1. The van der Waals surface area contributed by atoms with E-state index in [0.29, 0.717) is 10.9 Å². The normalized spacial score (nSPS) is 25.6. The monoisotopic (exact) mass is 254 g/mol. The summed E-state index contributed by atoms with van der Waals surface area (Å²) in [6.45, 7) is 2.16. The minimum Gasteiger partial charge on any atom is -0.490 e. The van der Waals surface area contributed by atoms with E-state index >= 15 is 0 Å². The largest absolute Gasteiger partial charge is 0.490 e. The van der Waals surface area contributed by atoms with Crippen LogP contribution in [-0.4, -0.2) is 10.9 Å². The quantitative estimate of drug-likeness (QED) is 0.750. The maximum Gasteiger partial charge on any atom is 0.122 e. The van der Waals surface area contributed by atoms with Gasteiger partial charge < -0.3 is 4.74 Å². The third-order valence-electron chi connectivity index (χ3n) is 2.68. The van der Waals surface area contributed by atoms with Crippen molar-refractivity contribution in [1.29, 1.82) is 0 Å². The SMILES string of the molecule is CCc1ccccc1OC1CC(Br)C1. The van der Waals surface area contributed by atoms with Crippen molar-refractivity contribution in [2.45, 2.75) is 37.1 Å². The molecule has 1 aliphatic rings. The van der Waals surface area contributed by atoms with Gasteiger partial charge in [-0.1, -0.05) is 41.1 Å². The fourth-order valence-corrected chi connectivity index (χ4v) is 2.52. The highest BCUT2D eigenvalue weighted by Crippen LogP contribution is 2.32. The Hall–Kier alpha value is -0.500. The van der Waals surface area contributed by atoms with Crippen LogP contribution in [0.1, 0.15) is 25.3 Å². The van der Waals surface area contributed by atoms with E-state index < -0.39 is 0 Å². The van der Waals surface area contributed by atoms with Crippen molar-refractivity contribution in [3.8, 4) is 5.75 Å². The van der Waals surface area contributed by atoms with Crippen molar-refractivity contribution < 1.29 is 4.74 Å². The number of benzene rings is 1. The van der Waals surface area contributed by atoms with Crippen molar-refractivity contribution in [2.75, 3.05) is 0 Å². The van der Waals surface area contributed by atoms with E-state index in [1.165, 1.54) is 5.56 Å². The molecular formula is C12H15BrO. The first kappa shape index (κ1) is 10.0. The molecule has 0 spiro atoms. The Balaban J connectivity index is 2.01. The van der Waals surface area contributed by atoms with Crippen LogP contribution in [0.4, 0.5) is 0 Å². The molecule has 0 amide bonds. The van der Waals surface area contributed by atoms with E-state index in [1.807, 2.05) is 6.07 Å². The minimum atomic E-state index is 0.423. The standard InChI is InChI=1S/C12H15BrO/c1-2-9-5-3-4-6-12(9)14-11-7-10(13)8-11/h3-6,10-11H,2,7-8H2,1H3. The van der Waals surface area contributed by atoms with Crippen molar-refractivity contribution in [3.05, 3.63) is 29.8 Å². The smallest absolute Gasteiger partial charge is 0.122 e. The highest BCUT2D eigenvalue weighted by molar-refractivity contribution is 9.09. The molecule has 1 aromatic rings. The third kappa shape index (κ3) is 2.11. The van der Waals surface area contributed by atoms with Gasteiger partial charge in [-0.05, 0) is 30.9 Å². The summed E-state index contributed by atoms with van der Waals surface area (Å²) in [6, 6.07) is 8.32. The van der Waals surface area contributed by atoms with Crippen LogP contribution in [0.15, 0.2) is 24.3 Å². The predicted molar refractivity (Wildman–Crippen MR) is 62.2 cm³/mol. The Morgan fingerprint density at radius 2 is 2.07 bits per heavy atom. The van der Waals surface area contributed by atoms with E-state index in [-0.39, 0.29) is 0 Å². The number of hydrogen-bond acceptors (Lipinski definition) is 1. The minimum absolute atomic E-state index is 0.423. The fourth-order valence-electron chi connectivity index (χ4n) is 1.69. The van der Waals surface area contributed by atoms with Crippen LogP contribution in [0.3, 0.4) is 0 Å². The molecule has 1 aromatic carbocycles. The molecule has 14 heavy (non-hydrogen) atoms. The summed E-state index contributed by atoms with van der Waals surface area (Å²) in [5.74, 6) is 1.07. The zero-order chi connectivity index (χ0) is 9.97. The second-order valence-electron chi connectivity index (χ2n) is 3.77. The third-order valence-corrected chi connectivity index (χ3v) is 3.43. The fraction of sp³-hybridized carbons (Fsp3) is 0.500. The van der Waals surface area contributed by atoms with Gasteiger partial charge in [0, 0.05) is 4.83 Å². The first-order valence-corrected chi connectivity index (χ1v) is 6.09. The molecule has 2 rings (SSSR count). The molecule has 2 heteroatoms. The van der Waals surface area contributed by atoms with Crippen molar-refractivity contribution in [3.63, 3.8) is 0 Å². The summed E-state index contributed by atoms with van der Waals surface area (Å²) in [4.78, 5) is 0.668. The van der Waals surface area contributed by atoms with Gasteiger partial charge in [0.1, 0.15) is 11.9 Å². The van der Waals surface area contributed by atoms with Gasteiger partial charge in [0.15, 0.2) is 0 Å². The molecule has 0 heterocycles. The first-order chi connectivity index (χ1) is 6.79. The van der Waals surface area contributed by atoms with Gasteiger partial charge in [-0.3, -0.25) is 0 Å². The highest BCUT2D eigenvalue weighted by Gasteiger charge is 2.28. The van der Waals surface area contributed by atoms with Gasteiger partial charge in [0.25, 0.3) is 0 Å². The summed E-state index contributed by atoms with van der Waals surface area (Å²) >= 11 is 3.57. The summed E-state index contributed by atoms with van der Waals surface area (Å²) in [5, 5.41) is 0. The maximum absolute atomic E-state index is 5.91. The molecule has 76 valence electrons. The van der Waals surface area contributed by atoms with Gasteiger partial charge >= 0.3 is 0 Å². The number of alkyl halides is 1. The van der Waals surface area contributed by atoms with E-state index in [4.69, 9.17) is 4.74 Å². The molecule has 0 bridgehead atoms. The molecule has 0 radical (unpaired) electrons. The molecule has 0 unspecified atom stereocenters. The van der Waals surface area contributed by atoms with Crippen molar-refractivity contribution in [1.82, 2.24) is 0 Å². The second-order valence-corrected chi connectivity index (χ2v) is 5.06. The Bertz CT molecular complexity index is 305. The molecule has 1 nitrogen and oxygen atoms in total. The lowest BCUT2D eigenvalue weighted by Crippen LogP contribution is -2.34. The molecule has 0 atom stereocenters. The van der Waals surface area contributed by atoms with Crippen molar-refractivity contribution >= 4 is 15.9 Å². The van der Waals surface area contributed by atoms with Crippen LogP contribution < -0.4 is 4.74 Å². The van der Waals surface area contributed by atoms with Crippen LogP contribution in [-0.2, 0) is 6.42 Å². The lowest BCUT2D eigenvalue weighted by Gasteiger charge is -2.32. The number of halogens is 1. The number of rotatable bonds is 3. The van der Waals surface area contributed by atoms with E-state index in [1.54, 1.807) is 0 Å². The molecule has 0 N–H and O–H groups in total. The van der Waals surface area contributed by atoms with E-state index in [2.05, 4.69) is 41.1 Å². The van der Waals surface area contributed by atoms with E-state index in [0.717, 1.165) is 25.0 Å². The van der Waals surface area contributed by atoms with Crippen LogP contribution in [0.5, 0.6) is 5.75 Å². The summed E-state index contributed by atoms with van der Waals surface area (Å²) < 4.78 is 5.91. The number of para-hydroxylation sites is 1. The Morgan fingerprint density at radius 1 is 1.36 bits per heavy atom. The molecule has 1 fully saturated rings. The molecule has 1 saturated carbocycles. The van der Waals surface area contributed by atoms with Crippen LogP contribution in [0.25, 0.3) is 0 Å². The lowest BCUT2D eigenvalue weighted by molar-refractivity contribution is 0.127. The van der Waals surface area contributed by atoms with Gasteiger partial charge in [0.05, 0.1) is 0 Å². The predicted octanol–water partition coefficient (Wildman–Crippen LogP) is 3.55. The molecule has 0 saturated heterocycles. The van der Waals surface area contributed by atoms with Gasteiger partial charge in [-0.25, -0.2) is 0 Å². The zero-order valence-corrected chi connectivity index (χ0v) is 9.96. The highest BCUT2D eigenvalue weighted by atomic mass is 79.9. The van der Waals surface area contributed by atoms with Crippen LogP contribution in [0.2, 0.25) is 0 Å². The molecule has 1 aliphatic carbocycles. The maximum atomic E-state index is 5.91. The van der Waals surface area contributed by atoms with Crippen LogP contribution >= 0.6 is 15.9 Å². The zero-order valence-electron chi connectivity index (χ0n) is 8.37.